The van der Waals surface area contributed by atoms with Crippen LogP contribution in [0.3, 0.4) is 0 Å². The quantitative estimate of drug-likeness (QED) is 0.585. The van der Waals surface area contributed by atoms with Gasteiger partial charge in [-0.15, -0.1) is 0 Å². The predicted molar refractivity (Wildman–Crippen MR) is 98.7 cm³/mol. The minimum atomic E-state index is -0.361. The van der Waals surface area contributed by atoms with E-state index in [9.17, 15) is 9.18 Å². The lowest BCUT2D eigenvalue weighted by Crippen LogP contribution is -2.28. The van der Waals surface area contributed by atoms with Crippen molar-refractivity contribution in [3.05, 3.63) is 46.8 Å². The number of nitrogens with zero attached hydrogens (tertiary/aromatic N) is 3. The van der Waals surface area contributed by atoms with Crippen molar-refractivity contribution in [2.75, 3.05) is 6.54 Å². The zero-order valence-electron chi connectivity index (χ0n) is 14.2. The van der Waals surface area contributed by atoms with Gasteiger partial charge >= 0.3 is 0 Å². The van der Waals surface area contributed by atoms with Crippen molar-refractivity contribution < 1.29 is 13.7 Å². The second-order valence-corrected chi connectivity index (χ2v) is 6.63. The Bertz CT molecular complexity index is 906. The molecule has 0 saturated carbocycles. The molecule has 0 spiro atoms. The maximum absolute atomic E-state index is 13.4. The van der Waals surface area contributed by atoms with Gasteiger partial charge in [0.25, 0.3) is 5.89 Å². The Hall–Kier alpha value is -2.48. The van der Waals surface area contributed by atoms with Crippen molar-refractivity contribution in [1.29, 1.82) is 0 Å². The van der Waals surface area contributed by atoms with Crippen LogP contribution in [-0.2, 0) is 11.3 Å². The van der Waals surface area contributed by atoms with Gasteiger partial charge in [-0.2, -0.15) is 4.98 Å². The minimum Gasteiger partial charge on any atom is -0.355 e. The van der Waals surface area contributed by atoms with Crippen molar-refractivity contribution in [2.24, 2.45) is 0 Å². The Morgan fingerprint density at radius 1 is 1.38 bits per heavy atom. The minimum absolute atomic E-state index is 0.0712. The van der Waals surface area contributed by atoms with Crippen molar-refractivity contribution >= 4 is 21.8 Å². The monoisotopic (exact) mass is 420 g/mol. The van der Waals surface area contributed by atoms with E-state index in [1.807, 2.05) is 6.07 Å². The molecule has 0 radical (unpaired) electrons. The molecule has 1 amide bonds. The molecule has 0 aliphatic rings. The molecule has 136 valence electrons. The lowest BCUT2D eigenvalue weighted by atomic mass is 10.2. The molecule has 0 unspecified atom stereocenters. The highest BCUT2D eigenvalue weighted by atomic mass is 79.9. The van der Waals surface area contributed by atoms with Crippen molar-refractivity contribution in [3.8, 4) is 23.0 Å². The van der Waals surface area contributed by atoms with Crippen LogP contribution in [0.2, 0.25) is 0 Å². The SMILES string of the molecule is CCCCNC(=O)Cn1cccc1-c1nc(-c2ccc(F)c(Br)c2)no1. The average Bonchev–Trinajstić information content (AvgIpc) is 3.26. The maximum atomic E-state index is 13.4. The van der Waals surface area contributed by atoms with E-state index >= 15 is 0 Å². The van der Waals surface area contributed by atoms with E-state index in [0.29, 0.717) is 34.0 Å². The van der Waals surface area contributed by atoms with Crippen LogP contribution in [0.5, 0.6) is 0 Å². The van der Waals surface area contributed by atoms with E-state index in [2.05, 4.69) is 38.3 Å². The number of amides is 1. The number of carbonyl (C=O) groups is 1. The maximum Gasteiger partial charge on any atom is 0.274 e. The highest BCUT2D eigenvalue weighted by Gasteiger charge is 2.16. The Morgan fingerprint density at radius 2 is 2.23 bits per heavy atom. The average molecular weight is 421 g/mol. The summed E-state index contributed by atoms with van der Waals surface area (Å²) in [6, 6.07) is 8.11. The first-order chi connectivity index (χ1) is 12.6. The van der Waals surface area contributed by atoms with Gasteiger partial charge in [-0.25, -0.2) is 4.39 Å². The molecule has 1 aromatic carbocycles. The van der Waals surface area contributed by atoms with E-state index in [1.165, 1.54) is 6.07 Å². The predicted octanol–water partition coefficient (Wildman–Crippen LogP) is 4.02. The number of carbonyl (C=O) groups excluding carboxylic acids is 1. The highest BCUT2D eigenvalue weighted by Crippen LogP contribution is 2.26. The summed E-state index contributed by atoms with van der Waals surface area (Å²) in [5.74, 6) is 0.214. The molecule has 3 aromatic rings. The van der Waals surface area contributed by atoms with Gasteiger partial charge in [0, 0.05) is 18.3 Å². The van der Waals surface area contributed by atoms with Gasteiger partial charge in [-0.1, -0.05) is 18.5 Å². The molecular formula is C18H18BrFN4O2. The summed E-state index contributed by atoms with van der Waals surface area (Å²) in [6.07, 6.45) is 3.76. The van der Waals surface area contributed by atoms with Crippen LogP contribution in [0.15, 0.2) is 45.5 Å². The zero-order chi connectivity index (χ0) is 18.5. The molecule has 0 bridgehead atoms. The van der Waals surface area contributed by atoms with Crippen LogP contribution >= 0.6 is 15.9 Å². The summed E-state index contributed by atoms with van der Waals surface area (Å²) in [4.78, 5) is 16.4. The van der Waals surface area contributed by atoms with Gasteiger partial charge in [-0.05, 0) is 52.7 Å². The summed E-state index contributed by atoms with van der Waals surface area (Å²) in [6.45, 7) is 2.91. The van der Waals surface area contributed by atoms with Crippen LogP contribution < -0.4 is 5.32 Å². The van der Waals surface area contributed by atoms with Gasteiger partial charge < -0.3 is 14.4 Å². The Balaban J connectivity index is 1.77. The van der Waals surface area contributed by atoms with Crippen LogP contribution in [0.1, 0.15) is 19.8 Å². The molecule has 8 heteroatoms. The van der Waals surface area contributed by atoms with Crippen LogP contribution in [0, 0.1) is 5.82 Å². The second-order valence-electron chi connectivity index (χ2n) is 5.78. The molecule has 3 rings (SSSR count). The number of rotatable bonds is 7. The first-order valence-electron chi connectivity index (χ1n) is 8.30. The molecule has 2 aromatic heterocycles. The van der Waals surface area contributed by atoms with E-state index < -0.39 is 0 Å². The molecule has 0 aliphatic carbocycles. The molecule has 6 nitrogen and oxygen atoms in total. The van der Waals surface area contributed by atoms with E-state index in [-0.39, 0.29) is 18.3 Å². The summed E-state index contributed by atoms with van der Waals surface area (Å²) in [5.41, 5.74) is 1.28. The zero-order valence-corrected chi connectivity index (χ0v) is 15.8. The number of halogens is 2. The lowest BCUT2D eigenvalue weighted by molar-refractivity contribution is -0.121. The van der Waals surface area contributed by atoms with Gasteiger partial charge in [-0.3, -0.25) is 4.79 Å². The summed E-state index contributed by atoms with van der Waals surface area (Å²) in [7, 11) is 0. The second kappa shape index (κ2) is 8.27. The number of unbranched alkanes of at least 4 members (excludes halogenated alkanes) is 1. The number of benzene rings is 1. The van der Waals surface area contributed by atoms with Gasteiger partial charge in [0.1, 0.15) is 18.1 Å². The van der Waals surface area contributed by atoms with Crippen LogP contribution in [0.4, 0.5) is 4.39 Å². The van der Waals surface area contributed by atoms with E-state index in [0.717, 1.165) is 12.8 Å². The first kappa shape index (κ1) is 18.3. The number of aromatic nitrogens is 3. The number of nitrogens with one attached hydrogen (secondary N) is 1. The molecule has 1 N–H and O–H groups in total. The smallest absolute Gasteiger partial charge is 0.274 e. The van der Waals surface area contributed by atoms with Crippen LogP contribution in [0.25, 0.3) is 23.0 Å². The number of hydrogen-bond donors (Lipinski definition) is 1. The Labute approximate surface area is 158 Å². The third kappa shape index (κ3) is 4.19. The molecule has 26 heavy (non-hydrogen) atoms. The molecular weight excluding hydrogens is 403 g/mol. The normalized spacial score (nSPS) is 10.9. The summed E-state index contributed by atoms with van der Waals surface area (Å²) >= 11 is 3.14. The van der Waals surface area contributed by atoms with Crippen molar-refractivity contribution in [1.82, 2.24) is 20.0 Å². The molecule has 0 aliphatic heterocycles. The Morgan fingerprint density at radius 3 is 3.00 bits per heavy atom. The standard InChI is InChI=1S/C18H18BrFN4O2/c1-2-3-8-21-16(25)11-24-9-4-5-15(24)18-22-17(23-26-18)12-6-7-14(20)13(19)10-12/h4-7,9-10H,2-3,8,11H2,1H3,(H,21,25). The van der Waals surface area contributed by atoms with Gasteiger partial charge in [0.2, 0.25) is 11.7 Å². The fourth-order valence-electron chi connectivity index (χ4n) is 2.44. The van der Waals surface area contributed by atoms with Crippen LogP contribution in [-0.4, -0.2) is 27.2 Å². The number of hydrogen-bond acceptors (Lipinski definition) is 4. The molecule has 2 heterocycles. The molecule has 0 saturated heterocycles. The fraction of sp³-hybridized carbons (Fsp3) is 0.278. The third-order valence-corrected chi connectivity index (χ3v) is 4.43. The molecule has 0 fully saturated rings. The van der Waals surface area contributed by atoms with E-state index in [4.69, 9.17) is 4.52 Å². The Kier molecular flexibility index (Phi) is 5.82. The first-order valence-corrected chi connectivity index (χ1v) is 9.09. The summed E-state index contributed by atoms with van der Waals surface area (Å²) < 4.78 is 20.8. The van der Waals surface area contributed by atoms with Gasteiger partial charge in [0.15, 0.2) is 0 Å². The van der Waals surface area contributed by atoms with E-state index in [1.54, 1.807) is 29.0 Å². The lowest BCUT2D eigenvalue weighted by Gasteiger charge is -2.07. The molecule has 0 atom stereocenters. The highest BCUT2D eigenvalue weighted by molar-refractivity contribution is 9.10. The van der Waals surface area contributed by atoms with Crippen molar-refractivity contribution in [2.45, 2.75) is 26.3 Å². The largest absolute Gasteiger partial charge is 0.355 e. The van der Waals surface area contributed by atoms with Crippen molar-refractivity contribution in [3.63, 3.8) is 0 Å². The fourth-order valence-corrected chi connectivity index (χ4v) is 2.82. The third-order valence-electron chi connectivity index (χ3n) is 3.82. The topological polar surface area (TPSA) is 73.0 Å². The summed E-state index contributed by atoms with van der Waals surface area (Å²) in [5, 5.41) is 6.83. The van der Waals surface area contributed by atoms with Gasteiger partial charge in [0.05, 0.1) is 4.47 Å².